The molecule has 0 aliphatic rings. The molecular weight excluding hydrogens is 477 g/mol. The van der Waals surface area contributed by atoms with Crippen LogP contribution in [0.4, 0.5) is 15.8 Å². The van der Waals surface area contributed by atoms with Gasteiger partial charge < -0.3 is 10.1 Å². The summed E-state index contributed by atoms with van der Waals surface area (Å²) >= 11 is 3.21. The fourth-order valence-electron chi connectivity index (χ4n) is 2.51. The molecule has 156 valence electrons. The number of ether oxygens (including phenoxy) is 1. The monoisotopic (exact) mass is 493 g/mol. The van der Waals surface area contributed by atoms with Gasteiger partial charge in [0.15, 0.2) is 0 Å². The number of hydrogen-bond donors (Lipinski definition) is 2. The maximum atomic E-state index is 13.3. The molecule has 0 saturated heterocycles. The van der Waals surface area contributed by atoms with Gasteiger partial charge in [0.25, 0.3) is 5.91 Å². The molecule has 10 heteroatoms. The number of carbonyl (C=O) groups is 1. The predicted octanol–water partition coefficient (Wildman–Crippen LogP) is 4.71. The van der Waals surface area contributed by atoms with Crippen molar-refractivity contribution in [3.8, 4) is 11.6 Å². The molecule has 0 saturated carbocycles. The maximum absolute atomic E-state index is 13.3. The number of halogens is 2. The van der Waals surface area contributed by atoms with E-state index in [1.807, 2.05) is 0 Å². The van der Waals surface area contributed by atoms with Crippen molar-refractivity contribution in [2.24, 2.45) is 0 Å². The summed E-state index contributed by atoms with van der Waals surface area (Å²) < 4.78 is 44.8. The molecule has 0 bridgehead atoms. The standard InChI is InChI=1S/C20H17BrFN3O4S/c1-12-5-7-14(11-17(12)25-30(2,27)28)24-19(26)15-4-3-9-23-20(15)29-18-8-6-13(22)10-16(18)21/h3-11,25H,1-2H3,(H,24,26). The zero-order valence-corrected chi connectivity index (χ0v) is 18.3. The Morgan fingerprint density at radius 2 is 1.93 bits per heavy atom. The van der Waals surface area contributed by atoms with Crippen molar-refractivity contribution >= 4 is 43.2 Å². The second-order valence-electron chi connectivity index (χ2n) is 6.39. The lowest BCUT2D eigenvalue weighted by molar-refractivity contribution is 0.102. The summed E-state index contributed by atoms with van der Waals surface area (Å²) in [6, 6.07) is 11.8. The van der Waals surface area contributed by atoms with Gasteiger partial charge in [-0.15, -0.1) is 0 Å². The number of nitrogens with zero attached hydrogens (tertiary/aromatic N) is 1. The van der Waals surface area contributed by atoms with Crippen molar-refractivity contribution in [2.75, 3.05) is 16.3 Å². The fraction of sp³-hybridized carbons (Fsp3) is 0.100. The summed E-state index contributed by atoms with van der Waals surface area (Å²) in [5.41, 5.74) is 1.58. The molecule has 0 fully saturated rings. The van der Waals surface area contributed by atoms with Gasteiger partial charge in [-0.1, -0.05) is 6.07 Å². The van der Waals surface area contributed by atoms with Crippen LogP contribution in [-0.4, -0.2) is 25.6 Å². The molecular formula is C20H17BrFN3O4S. The summed E-state index contributed by atoms with van der Waals surface area (Å²) in [6.45, 7) is 1.74. The molecule has 0 spiro atoms. The lowest BCUT2D eigenvalue weighted by Crippen LogP contribution is -2.15. The molecule has 1 heterocycles. The Hall–Kier alpha value is -2.98. The van der Waals surface area contributed by atoms with E-state index in [-0.39, 0.29) is 11.4 Å². The van der Waals surface area contributed by atoms with Gasteiger partial charge in [-0.25, -0.2) is 17.8 Å². The summed E-state index contributed by atoms with van der Waals surface area (Å²) in [6.07, 6.45) is 2.51. The molecule has 2 aromatic carbocycles. The van der Waals surface area contributed by atoms with Crippen LogP contribution in [0.25, 0.3) is 0 Å². The summed E-state index contributed by atoms with van der Waals surface area (Å²) in [5.74, 6) is -0.625. The maximum Gasteiger partial charge on any atom is 0.261 e. The molecule has 7 nitrogen and oxygen atoms in total. The Balaban J connectivity index is 1.85. The number of pyridine rings is 1. The second kappa shape index (κ2) is 8.80. The second-order valence-corrected chi connectivity index (χ2v) is 8.99. The number of anilines is 2. The Bertz CT molecular complexity index is 1220. The topological polar surface area (TPSA) is 97.4 Å². The van der Waals surface area contributed by atoms with Crippen LogP contribution in [0, 0.1) is 12.7 Å². The van der Waals surface area contributed by atoms with Gasteiger partial charge in [-0.3, -0.25) is 9.52 Å². The molecule has 0 aliphatic heterocycles. The number of benzene rings is 2. The summed E-state index contributed by atoms with van der Waals surface area (Å²) in [4.78, 5) is 16.9. The van der Waals surface area contributed by atoms with Crippen LogP contribution in [-0.2, 0) is 10.0 Å². The summed E-state index contributed by atoms with van der Waals surface area (Å²) in [7, 11) is -3.47. The van der Waals surface area contributed by atoms with E-state index in [1.54, 1.807) is 25.1 Å². The zero-order valence-electron chi connectivity index (χ0n) is 15.9. The first kappa shape index (κ1) is 21.7. The first-order valence-electron chi connectivity index (χ1n) is 8.60. The van der Waals surface area contributed by atoms with E-state index in [1.165, 1.54) is 36.5 Å². The number of rotatable bonds is 6. The third kappa shape index (κ3) is 5.55. The number of carbonyl (C=O) groups excluding carboxylic acids is 1. The lowest BCUT2D eigenvalue weighted by Gasteiger charge is -2.13. The minimum absolute atomic E-state index is 0.0314. The average molecular weight is 494 g/mol. The van der Waals surface area contributed by atoms with E-state index in [0.717, 1.165) is 6.26 Å². The fourth-order valence-corrected chi connectivity index (χ4v) is 3.57. The Morgan fingerprint density at radius 1 is 1.17 bits per heavy atom. The van der Waals surface area contributed by atoms with Crippen molar-refractivity contribution in [2.45, 2.75) is 6.92 Å². The van der Waals surface area contributed by atoms with E-state index in [2.05, 4.69) is 31.0 Å². The van der Waals surface area contributed by atoms with Gasteiger partial charge in [0.2, 0.25) is 15.9 Å². The lowest BCUT2D eigenvalue weighted by atomic mass is 10.1. The zero-order chi connectivity index (χ0) is 21.9. The van der Waals surface area contributed by atoms with Crippen molar-refractivity contribution in [3.63, 3.8) is 0 Å². The molecule has 0 radical (unpaired) electrons. The van der Waals surface area contributed by atoms with E-state index in [4.69, 9.17) is 4.74 Å². The Labute approximate surface area is 181 Å². The minimum Gasteiger partial charge on any atom is -0.437 e. The van der Waals surface area contributed by atoms with Crippen LogP contribution >= 0.6 is 15.9 Å². The van der Waals surface area contributed by atoms with Crippen LogP contribution in [0.3, 0.4) is 0 Å². The van der Waals surface area contributed by atoms with Gasteiger partial charge in [0.05, 0.1) is 16.4 Å². The quantitative estimate of drug-likeness (QED) is 0.518. The van der Waals surface area contributed by atoms with Gasteiger partial charge in [0, 0.05) is 11.9 Å². The largest absolute Gasteiger partial charge is 0.437 e. The first-order chi connectivity index (χ1) is 14.1. The van der Waals surface area contributed by atoms with Crippen LogP contribution < -0.4 is 14.8 Å². The molecule has 1 aromatic heterocycles. The average Bonchev–Trinajstić information content (AvgIpc) is 2.66. The van der Waals surface area contributed by atoms with Gasteiger partial charge in [-0.2, -0.15) is 0 Å². The van der Waals surface area contributed by atoms with Crippen LogP contribution in [0.5, 0.6) is 11.6 Å². The molecule has 3 aromatic rings. The van der Waals surface area contributed by atoms with E-state index >= 15 is 0 Å². The third-order valence-electron chi connectivity index (χ3n) is 3.91. The highest BCUT2D eigenvalue weighted by molar-refractivity contribution is 9.10. The van der Waals surface area contributed by atoms with Crippen LogP contribution in [0.2, 0.25) is 0 Å². The highest BCUT2D eigenvalue weighted by atomic mass is 79.9. The number of aryl methyl sites for hydroxylation is 1. The Kier molecular flexibility index (Phi) is 6.37. The third-order valence-corrected chi connectivity index (χ3v) is 5.12. The van der Waals surface area contributed by atoms with Crippen molar-refractivity contribution in [1.29, 1.82) is 0 Å². The number of nitrogens with one attached hydrogen (secondary N) is 2. The smallest absolute Gasteiger partial charge is 0.261 e. The predicted molar refractivity (Wildman–Crippen MR) is 116 cm³/mol. The molecule has 3 rings (SSSR count). The number of amides is 1. The van der Waals surface area contributed by atoms with E-state index in [0.29, 0.717) is 27.2 Å². The first-order valence-corrected chi connectivity index (χ1v) is 11.3. The number of sulfonamides is 1. The van der Waals surface area contributed by atoms with E-state index in [9.17, 15) is 17.6 Å². The number of aromatic nitrogens is 1. The van der Waals surface area contributed by atoms with Crippen molar-refractivity contribution in [1.82, 2.24) is 4.98 Å². The van der Waals surface area contributed by atoms with Crippen LogP contribution in [0.15, 0.2) is 59.2 Å². The molecule has 1 amide bonds. The molecule has 2 N–H and O–H groups in total. The van der Waals surface area contributed by atoms with Gasteiger partial charge in [-0.05, 0) is 70.9 Å². The SMILES string of the molecule is Cc1ccc(NC(=O)c2cccnc2Oc2ccc(F)cc2Br)cc1NS(C)(=O)=O. The molecule has 30 heavy (non-hydrogen) atoms. The molecule has 0 unspecified atom stereocenters. The summed E-state index contributed by atoms with van der Waals surface area (Å²) in [5, 5.41) is 2.70. The van der Waals surface area contributed by atoms with Crippen molar-refractivity contribution < 1.29 is 22.3 Å². The Morgan fingerprint density at radius 3 is 2.63 bits per heavy atom. The molecule has 0 aliphatic carbocycles. The van der Waals surface area contributed by atoms with Gasteiger partial charge in [0.1, 0.15) is 17.1 Å². The van der Waals surface area contributed by atoms with E-state index < -0.39 is 21.7 Å². The molecule has 0 atom stereocenters. The minimum atomic E-state index is -3.47. The number of hydrogen-bond acceptors (Lipinski definition) is 5. The van der Waals surface area contributed by atoms with Gasteiger partial charge >= 0.3 is 0 Å². The highest BCUT2D eigenvalue weighted by Gasteiger charge is 2.16. The van der Waals surface area contributed by atoms with Crippen LogP contribution in [0.1, 0.15) is 15.9 Å². The normalized spacial score (nSPS) is 11.1. The van der Waals surface area contributed by atoms with Crippen molar-refractivity contribution in [3.05, 3.63) is 76.1 Å². The highest BCUT2D eigenvalue weighted by Crippen LogP contribution is 2.31.